The van der Waals surface area contributed by atoms with E-state index in [9.17, 15) is 18.3 Å². The van der Waals surface area contributed by atoms with Crippen molar-refractivity contribution in [2.24, 2.45) is 0 Å². The van der Waals surface area contributed by atoms with Crippen molar-refractivity contribution in [3.8, 4) is 11.1 Å². The van der Waals surface area contributed by atoms with Crippen LogP contribution in [0.25, 0.3) is 11.1 Å². The summed E-state index contributed by atoms with van der Waals surface area (Å²) in [4.78, 5) is 11.4. The van der Waals surface area contributed by atoms with Crippen molar-refractivity contribution in [2.75, 3.05) is 0 Å². The summed E-state index contributed by atoms with van der Waals surface area (Å²) in [5.74, 6) is -1.15. The summed E-state index contributed by atoms with van der Waals surface area (Å²) in [7, 11) is -3.95. The number of carboxylic acids is 1. The first-order valence-electron chi connectivity index (χ1n) is 7.96. The molecular formula is C20H13Cl2NO4S. The highest BCUT2D eigenvalue weighted by Crippen LogP contribution is 2.24. The third-order valence-corrected chi connectivity index (χ3v) is 5.74. The molecule has 2 N–H and O–H groups in total. The average molecular weight is 434 g/mol. The van der Waals surface area contributed by atoms with Crippen LogP contribution in [0.15, 0.2) is 59.5 Å². The number of hydrogen-bond acceptors (Lipinski definition) is 3. The fraction of sp³-hybridized carbons (Fsp3) is 0.0500. The van der Waals surface area contributed by atoms with Gasteiger partial charge in [0, 0.05) is 16.6 Å². The molecule has 8 heteroatoms. The monoisotopic (exact) mass is 433 g/mol. The largest absolute Gasteiger partial charge is 0.478 e. The van der Waals surface area contributed by atoms with Gasteiger partial charge in [0.05, 0.1) is 10.5 Å². The Morgan fingerprint density at radius 1 is 1.00 bits per heavy atom. The molecule has 0 heterocycles. The zero-order chi connectivity index (χ0) is 20.3. The lowest BCUT2D eigenvalue weighted by Gasteiger charge is -2.11. The number of aromatic carboxylic acids is 1. The molecule has 3 aromatic carbocycles. The van der Waals surface area contributed by atoms with Crippen LogP contribution in [0.5, 0.6) is 0 Å². The van der Waals surface area contributed by atoms with Crippen molar-refractivity contribution in [1.82, 2.24) is 4.72 Å². The molecule has 0 aliphatic rings. The van der Waals surface area contributed by atoms with Crippen LogP contribution >= 0.6 is 23.2 Å². The van der Waals surface area contributed by atoms with Crippen LogP contribution in [0.2, 0.25) is 10.0 Å². The van der Waals surface area contributed by atoms with Gasteiger partial charge in [-0.3, -0.25) is 0 Å². The second-order valence-corrected chi connectivity index (χ2v) is 8.47. The van der Waals surface area contributed by atoms with Crippen LogP contribution in [0.1, 0.15) is 15.9 Å². The molecule has 0 aliphatic carbocycles. The number of sulfonamides is 1. The van der Waals surface area contributed by atoms with Crippen molar-refractivity contribution in [2.45, 2.75) is 11.4 Å². The first kappa shape index (κ1) is 20.2. The molecule has 0 unspecified atom stereocenters. The molecule has 142 valence electrons. The van der Waals surface area contributed by atoms with Crippen molar-refractivity contribution in [3.63, 3.8) is 0 Å². The molecule has 28 heavy (non-hydrogen) atoms. The molecule has 0 radical (unpaired) electrons. The van der Waals surface area contributed by atoms with Gasteiger partial charge in [0.25, 0.3) is 0 Å². The molecule has 0 saturated heterocycles. The Labute approximate surface area is 172 Å². The number of halogens is 2. The molecule has 3 aromatic rings. The molecular weight excluding hydrogens is 421 g/mol. The van der Waals surface area contributed by atoms with E-state index in [-0.39, 0.29) is 27.0 Å². The topological polar surface area (TPSA) is 83.5 Å². The molecule has 0 bridgehead atoms. The minimum atomic E-state index is -3.95. The summed E-state index contributed by atoms with van der Waals surface area (Å²) in [5.41, 5.74) is 1.85. The quantitative estimate of drug-likeness (QED) is 0.601. The number of nitrogens with one attached hydrogen (secondary N) is 1. The average Bonchev–Trinajstić information content (AvgIpc) is 2.66. The Balaban J connectivity index is 1.93. The lowest BCUT2D eigenvalue weighted by molar-refractivity contribution is 0.0695. The van der Waals surface area contributed by atoms with Crippen LogP contribution in [0, 0.1) is 12.1 Å². The summed E-state index contributed by atoms with van der Waals surface area (Å²) < 4.78 is 27.5. The predicted molar refractivity (Wildman–Crippen MR) is 107 cm³/mol. The van der Waals surface area contributed by atoms with Crippen molar-refractivity contribution >= 4 is 39.2 Å². The number of carbonyl (C=O) groups is 1. The molecule has 0 amide bonds. The second kappa shape index (κ2) is 8.21. The van der Waals surface area contributed by atoms with Crippen LogP contribution in [0.4, 0.5) is 0 Å². The van der Waals surface area contributed by atoms with Crippen LogP contribution in [-0.4, -0.2) is 19.5 Å². The van der Waals surface area contributed by atoms with Gasteiger partial charge in [-0.05, 0) is 65.2 Å². The number of benzene rings is 2. The van der Waals surface area contributed by atoms with Crippen LogP contribution in [-0.2, 0) is 16.6 Å². The Morgan fingerprint density at radius 2 is 1.71 bits per heavy atom. The Bertz CT molecular complexity index is 1110. The highest BCUT2D eigenvalue weighted by molar-refractivity contribution is 7.89. The van der Waals surface area contributed by atoms with Crippen molar-refractivity contribution in [1.29, 1.82) is 0 Å². The zero-order valence-corrected chi connectivity index (χ0v) is 16.6. The van der Waals surface area contributed by atoms with Gasteiger partial charge in [-0.2, -0.15) is 0 Å². The van der Waals surface area contributed by atoms with Crippen molar-refractivity contribution in [3.05, 3.63) is 87.9 Å². The van der Waals surface area contributed by atoms with E-state index in [0.717, 1.165) is 11.1 Å². The second-order valence-electron chi connectivity index (χ2n) is 5.83. The molecule has 5 nitrogen and oxygen atoms in total. The first-order chi connectivity index (χ1) is 13.3. The highest BCUT2D eigenvalue weighted by atomic mass is 35.5. The van der Waals surface area contributed by atoms with E-state index in [4.69, 9.17) is 23.2 Å². The fourth-order valence-electron chi connectivity index (χ4n) is 2.59. The van der Waals surface area contributed by atoms with Gasteiger partial charge in [-0.25, -0.2) is 17.9 Å². The Morgan fingerprint density at radius 3 is 2.32 bits per heavy atom. The number of hydrogen-bond donors (Lipinski definition) is 2. The van der Waals surface area contributed by atoms with E-state index in [1.807, 2.05) is 0 Å². The summed E-state index contributed by atoms with van der Waals surface area (Å²) >= 11 is 11.7. The molecule has 3 rings (SSSR count). The van der Waals surface area contributed by atoms with Gasteiger partial charge in [-0.15, -0.1) is 0 Å². The van der Waals surface area contributed by atoms with E-state index in [1.54, 1.807) is 30.3 Å². The van der Waals surface area contributed by atoms with Crippen molar-refractivity contribution < 1.29 is 18.3 Å². The standard InChI is InChI=1S/C20H13Cl2NO4S/c21-16-9-17(22)11-18(10-16)28(26,27)23-12-15-8-14(6-7-19(15)20(24)25)13-4-2-1-3-5-13/h2,4-11,23H,12H2,(H,24,25). The third kappa shape index (κ3) is 4.64. The van der Waals surface area contributed by atoms with Gasteiger partial charge in [-0.1, -0.05) is 41.4 Å². The predicted octanol–water partition coefficient (Wildman–Crippen LogP) is 4.44. The smallest absolute Gasteiger partial charge is 0.336 e. The van der Waals surface area contributed by atoms with E-state index in [0.29, 0.717) is 5.56 Å². The summed E-state index contributed by atoms with van der Waals surface area (Å²) in [5, 5.41) is 9.78. The Hall–Kier alpha value is -2.56. The van der Waals surface area contributed by atoms with Gasteiger partial charge in [0.2, 0.25) is 10.0 Å². The van der Waals surface area contributed by atoms with Gasteiger partial charge >= 0.3 is 5.97 Å². The molecule has 0 fully saturated rings. The maximum absolute atomic E-state index is 12.6. The molecule has 0 spiro atoms. The highest BCUT2D eigenvalue weighted by Gasteiger charge is 2.18. The van der Waals surface area contributed by atoms with Gasteiger partial charge in [0.15, 0.2) is 0 Å². The lowest BCUT2D eigenvalue weighted by Crippen LogP contribution is -2.24. The lowest BCUT2D eigenvalue weighted by atomic mass is 9.99. The summed E-state index contributed by atoms with van der Waals surface area (Å²) in [6.45, 7) is -0.218. The molecule has 0 saturated carbocycles. The maximum Gasteiger partial charge on any atom is 0.336 e. The van der Waals surface area contributed by atoms with Gasteiger partial charge < -0.3 is 5.11 Å². The minimum absolute atomic E-state index is 0.00190. The van der Waals surface area contributed by atoms with E-state index < -0.39 is 16.0 Å². The van der Waals surface area contributed by atoms with Crippen LogP contribution < -0.4 is 4.72 Å². The SMILES string of the molecule is O=C(O)c1ccc(-c2cc#ccc2)cc1CNS(=O)(=O)c1cc(Cl)cc(Cl)c1. The third-order valence-electron chi connectivity index (χ3n) is 3.93. The van der Waals surface area contributed by atoms with Crippen LogP contribution in [0.3, 0.4) is 0 Å². The normalized spacial score (nSPS) is 11.1. The summed E-state index contributed by atoms with van der Waals surface area (Å²) in [6, 6.07) is 19.5. The minimum Gasteiger partial charge on any atom is -0.478 e. The van der Waals surface area contributed by atoms with E-state index in [2.05, 4.69) is 16.9 Å². The molecule has 0 atom stereocenters. The molecule has 0 aliphatic heterocycles. The maximum atomic E-state index is 12.6. The number of carboxylic acid groups (broad SMARTS) is 1. The summed E-state index contributed by atoms with van der Waals surface area (Å²) in [6.07, 6.45) is 0. The molecule has 0 aromatic heterocycles. The Kier molecular flexibility index (Phi) is 5.92. The van der Waals surface area contributed by atoms with Gasteiger partial charge in [0.1, 0.15) is 0 Å². The number of rotatable bonds is 6. The first-order valence-corrected chi connectivity index (χ1v) is 10.2. The zero-order valence-electron chi connectivity index (χ0n) is 14.2. The van der Waals surface area contributed by atoms with E-state index >= 15 is 0 Å². The van der Waals surface area contributed by atoms with E-state index in [1.165, 1.54) is 24.3 Å². The fourth-order valence-corrected chi connectivity index (χ4v) is 4.33.